The molecule has 0 aliphatic rings. The summed E-state index contributed by atoms with van der Waals surface area (Å²) in [6, 6.07) is 0. The second kappa shape index (κ2) is 5.21. The molecule has 4 N–H and O–H groups in total. The number of anilines is 3. The summed E-state index contributed by atoms with van der Waals surface area (Å²) in [6.07, 6.45) is 1.63. The van der Waals surface area contributed by atoms with Gasteiger partial charge in [0.15, 0.2) is 5.82 Å². The summed E-state index contributed by atoms with van der Waals surface area (Å²) in [4.78, 5) is 8.54. The van der Waals surface area contributed by atoms with Gasteiger partial charge < -0.3 is 16.4 Å². The van der Waals surface area contributed by atoms with Crippen molar-refractivity contribution in [3.8, 4) is 0 Å². The zero-order chi connectivity index (χ0) is 13.1. The topological polar surface area (TPSA) is 75.9 Å². The third kappa shape index (κ3) is 4.89. The van der Waals surface area contributed by atoms with Gasteiger partial charge in [-0.3, -0.25) is 0 Å². The van der Waals surface area contributed by atoms with Crippen LogP contribution in [-0.4, -0.2) is 22.1 Å². The third-order valence-electron chi connectivity index (χ3n) is 1.98. The molecule has 17 heavy (non-hydrogen) atoms. The first-order valence-electron chi connectivity index (χ1n) is 5.92. The number of nitrogens with zero attached hydrogens (tertiary/aromatic N) is 2. The van der Waals surface area contributed by atoms with Crippen LogP contribution in [0.25, 0.3) is 0 Å². The maximum atomic E-state index is 5.82. The van der Waals surface area contributed by atoms with Gasteiger partial charge in [0.2, 0.25) is 5.95 Å². The minimum absolute atomic E-state index is 0.0641. The summed E-state index contributed by atoms with van der Waals surface area (Å²) in [7, 11) is 0. The molecule has 5 nitrogen and oxygen atoms in total. The van der Waals surface area contributed by atoms with E-state index in [0.29, 0.717) is 23.4 Å². The molecule has 0 amide bonds. The highest BCUT2D eigenvalue weighted by atomic mass is 15.2. The molecule has 0 saturated heterocycles. The van der Waals surface area contributed by atoms with Crippen molar-refractivity contribution in [3.63, 3.8) is 0 Å². The van der Waals surface area contributed by atoms with Crippen LogP contribution in [0.3, 0.4) is 0 Å². The Bertz CT molecular complexity index is 368. The van der Waals surface area contributed by atoms with Gasteiger partial charge in [-0.2, -0.15) is 4.98 Å². The minimum atomic E-state index is -0.0641. The van der Waals surface area contributed by atoms with E-state index < -0.39 is 0 Å². The third-order valence-corrected chi connectivity index (χ3v) is 1.98. The lowest BCUT2D eigenvalue weighted by Gasteiger charge is -2.21. The van der Waals surface area contributed by atoms with E-state index in [-0.39, 0.29) is 5.54 Å². The highest BCUT2D eigenvalue weighted by Gasteiger charge is 2.12. The Morgan fingerprint density at radius 1 is 1.35 bits per heavy atom. The Kier molecular flexibility index (Phi) is 4.15. The van der Waals surface area contributed by atoms with Gasteiger partial charge in [-0.1, -0.05) is 13.8 Å². The molecule has 0 spiro atoms. The monoisotopic (exact) mass is 237 g/mol. The molecule has 0 unspecified atom stereocenters. The van der Waals surface area contributed by atoms with Crippen molar-refractivity contribution in [2.45, 2.75) is 40.2 Å². The SMILES string of the molecule is CC(C)CNc1nc(NC(C)(C)C)ncc1N. The standard InChI is InChI=1S/C12H23N5/c1-8(2)6-14-10-9(13)7-15-11(16-10)17-12(3,4)5/h7-8H,6,13H2,1-5H3,(H2,14,15,16,17). The van der Waals surface area contributed by atoms with Crippen LogP contribution < -0.4 is 16.4 Å². The summed E-state index contributed by atoms with van der Waals surface area (Å²) in [6.45, 7) is 11.3. The van der Waals surface area contributed by atoms with Gasteiger partial charge in [-0.15, -0.1) is 0 Å². The molecule has 0 aliphatic heterocycles. The molecule has 0 saturated carbocycles. The van der Waals surface area contributed by atoms with Crippen LogP contribution in [0.2, 0.25) is 0 Å². The van der Waals surface area contributed by atoms with Crippen LogP contribution in [0.1, 0.15) is 34.6 Å². The summed E-state index contributed by atoms with van der Waals surface area (Å²) < 4.78 is 0. The number of nitrogens with two attached hydrogens (primary N) is 1. The molecule has 0 bridgehead atoms. The number of aromatic nitrogens is 2. The molecule has 0 aromatic carbocycles. The van der Waals surface area contributed by atoms with E-state index >= 15 is 0 Å². The molecular weight excluding hydrogens is 214 g/mol. The van der Waals surface area contributed by atoms with Crippen LogP contribution in [0.15, 0.2) is 6.20 Å². The smallest absolute Gasteiger partial charge is 0.225 e. The van der Waals surface area contributed by atoms with E-state index in [1.807, 2.05) is 0 Å². The second-order valence-electron chi connectivity index (χ2n) is 5.65. The van der Waals surface area contributed by atoms with Crippen molar-refractivity contribution >= 4 is 17.5 Å². The first-order valence-corrected chi connectivity index (χ1v) is 5.92. The van der Waals surface area contributed by atoms with Crippen molar-refractivity contribution in [1.82, 2.24) is 9.97 Å². The molecule has 0 fully saturated rings. The minimum Gasteiger partial charge on any atom is -0.394 e. The predicted octanol–water partition coefficient (Wildman–Crippen LogP) is 2.34. The first-order chi connectivity index (χ1) is 7.78. The summed E-state index contributed by atoms with van der Waals surface area (Å²) in [5.74, 6) is 1.83. The molecule has 1 aromatic heterocycles. The lowest BCUT2D eigenvalue weighted by molar-refractivity contribution is 0.626. The average molecular weight is 237 g/mol. The highest BCUT2D eigenvalue weighted by molar-refractivity contribution is 5.61. The Balaban J connectivity index is 2.79. The van der Waals surface area contributed by atoms with Crippen LogP contribution >= 0.6 is 0 Å². The predicted molar refractivity (Wildman–Crippen MR) is 73.1 cm³/mol. The molecule has 1 heterocycles. The van der Waals surface area contributed by atoms with Gasteiger partial charge in [0.1, 0.15) is 0 Å². The van der Waals surface area contributed by atoms with E-state index in [1.165, 1.54) is 0 Å². The number of hydrogen-bond acceptors (Lipinski definition) is 5. The average Bonchev–Trinajstić information content (AvgIpc) is 2.16. The molecule has 5 heteroatoms. The zero-order valence-corrected chi connectivity index (χ0v) is 11.3. The van der Waals surface area contributed by atoms with E-state index in [0.717, 1.165) is 6.54 Å². The fraction of sp³-hybridized carbons (Fsp3) is 0.667. The molecule has 1 aromatic rings. The molecule has 1 rings (SSSR count). The van der Waals surface area contributed by atoms with Crippen molar-refractivity contribution in [2.24, 2.45) is 5.92 Å². The van der Waals surface area contributed by atoms with E-state index in [2.05, 4.69) is 55.2 Å². The summed E-state index contributed by atoms with van der Waals surface area (Å²) in [5, 5.41) is 6.44. The van der Waals surface area contributed by atoms with Gasteiger partial charge in [0, 0.05) is 12.1 Å². The van der Waals surface area contributed by atoms with Crippen molar-refractivity contribution < 1.29 is 0 Å². The Labute approximate surface area is 103 Å². The molecule has 0 atom stereocenters. The first kappa shape index (κ1) is 13.5. The molecule has 0 radical (unpaired) electrons. The van der Waals surface area contributed by atoms with Crippen molar-refractivity contribution in [3.05, 3.63) is 6.20 Å². The van der Waals surface area contributed by atoms with Gasteiger partial charge >= 0.3 is 0 Å². The van der Waals surface area contributed by atoms with Crippen molar-refractivity contribution in [1.29, 1.82) is 0 Å². The van der Waals surface area contributed by atoms with Crippen molar-refractivity contribution in [2.75, 3.05) is 22.9 Å². The van der Waals surface area contributed by atoms with E-state index in [1.54, 1.807) is 6.20 Å². The van der Waals surface area contributed by atoms with Crippen LogP contribution in [0, 0.1) is 5.92 Å². The Morgan fingerprint density at radius 3 is 2.53 bits per heavy atom. The lowest BCUT2D eigenvalue weighted by atomic mass is 10.1. The summed E-state index contributed by atoms with van der Waals surface area (Å²) >= 11 is 0. The number of rotatable bonds is 4. The van der Waals surface area contributed by atoms with E-state index in [4.69, 9.17) is 5.73 Å². The van der Waals surface area contributed by atoms with Gasteiger partial charge in [-0.25, -0.2) is 4.98 Å². The summed E-state index contributed by atoms with van der Waals surface area (Å²) in [5.41, 5.74) is 6.33. The van der Waals surface area contributed by atoms with Gasteiger partial charge in [-0.05, 0) is 26.7 Å². The Hall–Kier alpha value is -1.52. The number of nitrogen functional groups attached to an aromatic ring is 1. The van der Waals surface area contributed by atoms with Crippen LogP contribution in [0.4, 0.5) is 17.5 Å². The fourth-order valence-corrected chi connectivity index (χ4v) is 1.23. The zero-order valence-electron chi connectivity index (χ0n) is 11.3. The highest BCUT2D eigenvalue weighted by Crippen LogP contribution is 2.18. The molecule has 96 valence electrons. The Morgan fingerprint density at radius 2 is 2.00 bits per heavy atom. The number of nitrogens with one attached hydrogen (secondary N) is 2. The molecular formula is C12H23N5. The van der Waals surface area contributed by atoms with Gasteiger partial charge in [0.25, 0.3) is 0 Å². The molecule has 0 aliphatic carbocycles. The quantitative estimate of drug-likeness (QED) is 0.749. The normalized spacial score (nSPS) is 11.6. The van der Waals surface area contributed by atoms with E-state index in [9.17, 15) is 0 Å². The lowest BCUT2D eigenvalue weighted by Crippen LogP contribution is -2.27. The maximum absolute atomic E-state index is 5.82. The van der Waals surface area contributed by atoms with Gasteiger partial charge in [0.05, 0.1) is 11.9 Å². The largest absolute Gasteiger partial charge is 0.394 e. The second-order valence-corrected chi connectivity index (χ2v) is 5.65. The van der Waals surface area contributed by atoms with Crippen LogP contribution in [-0.2, 0) is 0 Å². The maximum Gasteiger partial charge on any atom is 0.225 e. The number of hydrogen-bond donors (Lipinski definition) is 3. The fourth-order valence-electron chi connectivity index (χ4n) is 1.23. The van der Waals surface area contributed by atoms with Crippen LogP contribution in [0.5, 0.6) is 0 Å².